The van der Waals surface area contributed by atoms with E-state index in [9.17, 15) is 10.2 Å². The summed E-state index contributed by atoms with van der Waals surface area (Å²) >= 11 is 0. The summed E-state index contributed by atoms with van der Waals surface area (Å²) in [4.78, 5) is 0. The Morgan fingerprint density at radius 3 is 2.09 bits per heavy atom. The molecule has 2 nitrogen and oxygen atoms in total. The summed E-state index contributed by atoms with van der Waals surface area (Å²) in [7, 11) is 0. The van der Waals surface area contributed by atoms with Crippen LogP contribution in [0.1, 0.15) is 44.1 Å². The van der Waals surface area contributed by atoms with Crippen molar-refractivity contribution in [3.8, 4) is 11.5 Å². The van der Waals surface area contributed by atoms with Crippen LogP contribution in [0.5, 0.6) is 11.5 Å². The van der Waals surface area contributed by atoms with Crippen LogP contribution in [0.15, 0.2) is 30.3 Å². The Balaban J connectivity index is 1.67. The van der Waals surface area contributed by atoms with E-state index in [1.807, 2.05) is 12.1 Å². The van der Waals surface area contributed by atoms with Crippen LogP contribution in [-0.2, 0) is 5.41 Å². The molecule has 4 bridgehead atoms. The lowest BCUT2D eigenvalue weighted by Gasteiger charge is -2.57. The first-order chi connectivity index (χ1) is 10.6. The minimum Gasteiger partial charge on any atom is -0.508 e. The van der Waals surface area contributed by atoms with Gasteiger partial charge in [-0.1, -0.05) is 6.07 Å². The second kappa shape index (κ2) is 4.18. The van der Waals surface area contributed by atoms with Gasteiger partial charge in [-0.3, -0.25) is 0 Å². The predicted octanol–water partition coefficient (Wildman–Crippen LogP) is 4.72. The largest absolute Gasteiger partial charge is 0.508 e. The number of fused-ring (bicyclic) bond motifs is 1. The first-order valence-electron chi connectivity index (χ1n) is 8.57. The molecule has 2 aromatic carbocycles. The number of phenols is 2. The molecule has 4 aliphatic rings. The van der Waals surface area contributed by atoms with Crippen LogP contribution in [0.4, 0.5) is 0 Å². The molecular formula is C20H22O2. The van der Waals surface area contributed by atoms with Crippen LogP contribution in [-0.4, -0.2) is 10.2 Å². The van der Waals surface area contributed by atoms with Crippen molar-refractivity contribution in [1.29, 1.82) is 0 Å². The second-order valence-corrected chi connectivity index (χ2v) is 8.10. The molecule has 4 fully saturated rings. The van der Waals surface area contributed by atoms with Gasteiger partial charge >= 0.3 is 0 Å². The molecule has 0 saturated heterocycles. The zero-order valence-electron chi connectivity index (χ0n) is 12.8. The molecule has 4 aliphatic carbocycles. The highest BCUT2D eigenvalue weighted by molar-refractivity contribution is 5.90. The van der Waals surface area contributed by atoms with E-state index < -0.39 is 0 Å². The fourth-order valence-corrected chi connectivity index (χ4v) is 6.11. The molecule has 4 saturated carbocycles. The molecule has 0 aliphatic heterocycles. The van der Waals surface area contributed by atoms with Crippen molar-refractivity contribution in [2.24, 2.45) is 17.8 Å². The van der Waals surface area contributed by atoms with E-state index in [4.69, 9.17) is 0 Å². The fraction of sp³-hybridized carbons (Fsp3) is 0.500. The van der Waals surface area contributed by atoms with E-state index in [0.29, 0.717) is 5.75 Å². The van der Waals surface area contributed by atoms with Gasteiger partial charge in [0.05, 0.1) is 0 Å². The fourth-order valence-electron chi connectivity index (χ4n) is 6.11. The van der Waals surface area contributed by atoms with Gasteiger partial charge in [0.25, 0.3) is 0 Å². The summed E-state index contributed by atoms with van der Waals surface area (Å²) in [6.07, 6.45) is 8.17. The van der Waals surface area contributed by atoms with Gasteiger partial charge < -0.3 is 10.2 Å². The number of hydrogen-bond acceptors (Lipinski definition) is 2. The monoisotopic (exact) mass is 294 g/mol. The maximum atomic E-state index is 10.5. The molecule has 22 heavy (non-hydrogen) atoms. The van der Waals surface area contributed by atoms with Gasteiger partial charge in [0.2, 0.25) is 0 Å². The maximum absolute atomic E-state index is 10.5. The first kappa shape index (κ1) is 12.8. The molecule has 0 heterocycles. The van der Waals surface area contributed by atoms with Crippen LogP contribution in [0, 0.1) is 17.8 Å². The lowest BCUT2D eigenvalue weighted by atomic mass is 9.48. The average Bonchev–Trinajstić information content (AvgIpc) is 2.45. The van der Waals surface area contributed by atoms with Gasteiger partial charge in [-0.15, -0.1) is 0 Å². The second-order valence-electron chi connectivity index (χ2n) is 8.10. The molecule has 0 atom stereocenters. The summed E-state index contributed by atoms with van der Waals surface area (Å²) < 4.78 is 0. The van der Waals surface area contributed by atoms with E-state index in [-0.39, 0.29) is 11.2 Å². The number of rotatable bonds is 1. The predicted molar refractivity (Wildman–Crippen MR) is 87.1 cm³/mol. The van der Waals surface area contributed by atoms with Crippen LogP contribution in [0.2, 0.25) is 0 Å². The van der Waals surface area contributed by atoms with Gasteiger partial charge in [-0.2, -0.15) is 0 Å². The Bertz CT molecular complexity index is 726. The third-order valence-corrected chi connectivity index (χ3v) is 6.56. The van der Waals surface area contributed by atoms with Crippen LogP contribution >= 0.6 is 0 Å². The minimum atomic E-state index is 0.273. The molecule has 0 aromatic heterocycles. The minimum absolute atomic E-state index is 0.273. The van der Waals surface area contributed by atoms with Crippen molar-refractivity contribution in [3.63, 3.8) is 0 Å². The van der Waals surface area contributed by atoms with E-state index >= 15 is 0 Å². The van der Waals surface area contributed by atoms with Crippen molar-refractivity contribution in [2.75, 3.05) is 0 Å². The third-order valence-electron chi connectivity index (χ3n) is 6.56. The van der Waals surface area contributed by atoms with Gasteiger partial charge in [-0.05, 0) is 96.9 Å². The van der Waals surface area contributed by atoms with Crippen molar-refractivity contribution >= 4 is 10.8 Å². The molecule has 0 radical (unpaired) electrons. The molecular weight excluding hydrogens is 272 g/mol. The Hall–Kier alpha value is -1.70. The standard InChI is InChI=1S/C20H22O2/c21-17-1-2-18-15(7-17)6-16(8-19(18)22)20-9-12-3-13(10-20)5-14(4-12)11-20/h1-2,6-8,12-14,21-22H,3-5,9-11H2. The summed E-state index contributed by atoms with van der Waals surface area (Å²) in [6, 6.07) is 9.46. The lowest BCUT2D eigenvalue weighted by Crippen LogP contribution is -2.48. The molecule has 0 unspecified atom stereocenters. The quantitative estimate of drug-likeness (QED) is 0.799. The Kier molecular flexibility index (Phi) is 2.44. The van der Waals surface area contributed by atoms with E-state index in [1.54, 1.807) is 12.1 Å². The molecule has 2 heteroatoms. The highest BCUT2D eigenvalue weighted by atomic mass is 16.3. The molecule has 0 amide bonds. The average molecular weight is 294 g/mol. The number of hydrogen-bond donors (Lipinski definition) is 2. The maximum Gasteiger partial charge on any atom is 0.123 e. The first-order valence-corrected chi connectivity index (χ1v) is 8.57. The van der Waals surface area contributed by atoms with E-state index in [1.165, 1.54) is 44.1 Å². The van der Waals surface area contributed by atoms with Gasteiger partial charge in [-0.25, -0.2) is 0 Å². The lowest BCUT2D eigenvalue weighted by molar-refractivity contribution is -0.00520. The zero-order valence-corrected chi connectivity index (χ0v) is 12.8. The van der Waals surface area contributed by atoms with Crippen LogP contribution in [0.3, 0.4) is 0 Å². The van der Waals surface area contributed by atoms with Crippen molar-refractivity contribution in [3.05, 3.63) is 35.9 Å². The Morgan fingerprint density at radius 2 is 1.45 bits per heavy atom. The molecule has 114 valence electrons. The molecule has 2 aromatic rings. The highest BCUT2D eigenvalue weighted by Crippen LogP contribution is 2.61. The van der Waals surface area contributed by atoms with Crippen molar-refractivity contribution in [1.82, 2.24) is 0 Å². The summed E-state index contributed by atoms with van der Waals surface area (Å²) in [5.74, 6) is 3.33. The number of benzene rings is 2. The Labute approximate surface area is 130 Å². The normalized spacial score (nSPS) is 36.1. The topological polar surface area (TPSA) is 40.5 Å². The van der Waals surface area contributed by atoms with E-state index in [2.05, 4.69) is 6.07 Å². The van der Waals surface area contributed by atoms with E-state index in [0.717, 1.165) is 28.5 Å². The number of aromatic hydroxyl groups is 2. The zero-order chi connectivity index (χ0) is 14.9. The Morgan fingerprint density at radius 1 is 0.818 bits per heavy atom. The molecule has 6 rings (SSSR count). The summed E-state index contributed by atoms with van der Waals surface area (Å²) in [5.41, 5.74) is 1.59. The van der Waals surface area contributed by atoms with Gasteiger partial charge in [0, 0.05) is 5.39 Å². The highest BCUT2D eigenvalue weighted by Gasteiger charge is 2.51. The molecule has 2 N–H and O–H groups in total. The van der Waals surface area contributed by atoms with Crippen LogP contribution in [0.25, 0.3) is 10.8 Å². The SMILES string of the molecule is Oc1ccc2c(O)cc(C34CC5CC(CC(C5)C3)C4)cc2c1. The van der Waals surface area contributed by atoms with Gasteiger partial charge in [0.1, 0.15) is 11.5 Å². The number of phenolic OH excluding ortho intramolecular Hbond substituents is 2. The molecule has 0 spiro atoms. The summed E-state index contributed by atoms with van der Waals surface area (Å²) in [6.45, 7) is 0. The van der Waals surface area contributed by atoms with Crippen molar-refractivity contribution < 1.29 is 10.2 Å². The van der Waals surface area contributed by atoms with Gasteiger partial charge in [0.15, 0.2) is 0 Å². The summed E-state index contributed by atoms with van der Waals surface area (Å²) in [5, 5.41) is 22.0. The van der Waals surface area contributed by atoms with Crippen LogP contribution < -0.4 is 0 Å². The smallest absolute Gasteiger partial charge is 0.123 e. The van der Waals surface area contributed by atoms with Crippen molar-refractivity contribution in [2.45, 2.75) is 43.9 Å². The third kappa shape index (κ3) is 1.73.